The number of carbonyl (C=O) groups is 2. The van der Waals surface area contributed by atoms with Gasteiger partial charge in [-0.2, -0.15) is 0 Å². The summed E-state index contributed by atoms with van der Waals surface area (Å²) in [5.41, 5.74) is 1.59. The summed E-state index contributed by atoms with van der Waals surface area (Å²) >= 11 is 6.01. The van der Waals surface area contributed by atoms with Crippen LogP contribution in [-0.4, -0.2) is 24.6 Å². The number of para-hydroxylation sites is 1. The summed E-state index contributed by atoms with van der Waals surface area (Å²) in [7, 11) is 0. The summed E-state index contributed by atoms with van der Waals surface area (Å²) in [6.45, 7) is 5.52. The second kappa shape index (κ2) is 8.53. The van der Waals surface area contributed by atoms with E-state index in [4.69, 9.17) is 21.1 Å². The number of halogens is 1. The zero-order chi connectivity index (χ0) is 18.4. The van der Waals surface area contributed by atoms with Crippen molar-refractivity contribution in [3.63, 3.8) is 0 Å². The molecule has 0 aliphatic rings. The van der Waals surface area contributed by atoms with E-state index in [0.29, 0.717) is 11.4 Å². The molecular weight excluding hydrogens is 342 g/mol. The van der Waals surface area contributed by atoms with Gasteiger partial charge in [-0.1, -0.05) is 29.8 Å². The minimum Gasteiger partial charge on any atom is -0.481 e. The first kappa shape index (κ1) is 18.8. The highest BCUT2D eigenvalue weighted by molar-refractivity contribution is 6.33. The third-order valence-electron chi connectivity index (χ3n) is 3.50. The summed E-state index contributed by atoms with van der Waals surface area (Å²) in [6, 6.07) is 12.1. The molecule has 0 bridgehead atoms. The lowest BCUT2D eigenvalue weighted by molar-refractivity contribution is -0.122. The van der Waals surface area contributed by atoms with Crippen LogP contribution >= 0.6 is 11.6 Å². The van der Waals surface area contributed by atoms with Gasteiger partial charge in [-0.3, -0.25) is 4.79 Å². The second-order valence-corrected chi connectivity index (χ2v) is 5.84. The maximum Gasteiger partial charge on any atom is 0.339 e. The van der Waals surface area contributed by atoms with E-state index in [1.165, 1.54) is 12.1 Å². The van der Waals surface area contributed by atoms with Gasteiger partial charge in [-0.05, 0) is 50.6 Å². The standard InChI is InChI=1S/C19H20ClNO4/c1-4-24-19(23)15-11-14(9-10-16(15)20)21-18(22)13(3)25-17-8-6-5-7-12(17)2/h5-11,13H,4H2,1-3H3,(H,21,22)/t13-/m1/s1. The van der Waals surface area contributed by atoms with Crippen LogP contribution in [0.3, 0.4) is 0 Å². The normalized spacial score (nSPS) is 11.5. The molecule has 0 fully saturated rings. The van der Waals surface area contributed by atoms with Gasteiger partial charge < -0.3 is 14.8 Å². The number of ether oxygens (including phenoxy) is 2. The minimum atomic E-state index is -0.706. The van der Waals surface area contributed by atoms with E-state index in [2.05, 4.69) is 5.32 Å². The van der Waals surface area contributed by atoms with E-state index in [1.54, 1.807) is 26.0 Å². The topological polar surface area (TPSA) is 64.6 Å². The largest absolute Gasteiger partial charge is 0.481 e. The van der Waals surface area contributed by atoms with Crippen LogP contribution < -0.4 is 10.1 Å². The van der Waals surface area contributed by atoms with Crippen molar-refractivity contribution in [3.8, 4) is 5.75 Å². The Morgan fingerprint density at radius 3 is 2.60 bits per heavy atom. The molecule has 0 aromatic heterocycles. The van der Waals surface area contributed by atoms with Crippen LogP contribution in [0.4, 0.5) is 5.69 Å². The van der Waals surface area contributed by atoms with Gasteiger partial charge in [0.2, 0.25) is 0 Å². The Hall–Kier alpha value is -2.53. The minimum absolute atomic E-state index is 0.203. The predicted molar refractivity (Wildman–Crippen MR) is 97.3 cm³/mol. The van der Waals surface area contributed by atoms with Crippen molar-refractivity contribution < 1.29 is 19.1 Å². The number of amides is 1. The molecule has 0 radical (unpaired) electrons. The van der Waals surface area contributed by atoms with E-state index in [0.717, 1.165) is 5.56 Å². The molecule has 6 heteroatoms. The molecule has 25 heavy (non-hydrogen) atoms. The molecule has 0 saturated carbocycles. The number of aryl methyl sites for hydroxylation is 1. The van der Waals surface area contributed by atoms with Crippen LogP contribution in [0.25, 0.3) is 0 Å². The fourth-order valence-corrected chi connectivity index (χ4v) is 2.34. The number of esters is 1. The van der Waals surface area contributed by atoms with Crippen LogP contribution in [0.5, 0.6) is 5.75 Å². The number of carbonyl (C=O) groups excluding carboxylic acids is 2. The molecule has 0 heterocycles. The SMILES string of the molecule is CCOC(=O)c1cc(NC(=O)[C@@H](C)Oc2ccccc2C)ccc1Cl. The first-order valence-corrected chi connectivity index (χ1v) is 8.30. The molecule has 1 amide bonds. The van der Waals surface area contributed by atoms with Crippen molar-refractivity contribution in [2.75, 3.05) is 11.9 Å². The Morgan fingerprint density at radius 1 is 1.20 bits per heavy atom. The van der Waals surface area contributed by atoms with Gasteiger partial charge in [0, 0.05) is 5.69 Å². The summed E-state index contributed by atoms with van der Waals surface area (Å²) in [6.07, 6.45) is -0.706. The van der Waals surface area contributed by atoms with Crippen molar-refractivity contribution >= 4 is 29.2 Å². The average Bonchev–Trinajstić information content (AvgIpc) is 2.58. The summed E-state index contributed by atoms with van der Waals surface area (Å²) < 4.78 is 10.6. The molecule has 1 atom stereocenters. The van der Waals surface area contributed by atoms with Crippen LogP contribution in [0, 0.1) is 6.92 Å². The Morgan fingerprint density at radius 2 is 1.92 bits per heavy atom. The van der Waals surface area contributed by atoms with Crippen LogP contribution in [-0.2, 0) is 9.53 Å². The highest BCUT2D eigenvalue weighted by Crippen LogP contribution is 2.22. The molecular formula is C19H20ClNO4. The monoisotopic (exact) mass is 361 g/mol. The van der Waals surface area contributed by atoms with Crippen molar-refractivity contribution in [2.24, 2.45) is 0 Å². The van der Waals surface area contributed by atoms with E-state index >= 15 is 0 Å². The van der Waals surface area contributed by atoms with E-state index in [-0.39, 0.29) is 23.1 Å². The summed E-state index contributed by atoms with van der Waals surface area (Å²) in [4.78, 5) is 24.2. The Labute approximate surface area is 151 Å². The fraction of sp³-hybridized carbons (Fsp3) is 0.263. The molecule has 0 unspecified atom stereocenters. The lowest BCUT2D eigenvalue weighted by atomic mass is 10.2. The van der Waals surface area contributed by atoms with Gasteiger partial charge in [0.1, 0.15) is 5.75 Å². The number of hydrogen-bond acceptors (Lipinski definition) is 4. The number of anilines is 1. The van der Waals surface area contributed by atoms with E-state index in [1.807, 2.05) is 25.1 Å². The average molecular weight is 362 g/mol. The number of hydrogen-bond donors (Lipinski definition) is 1. The Bertz CT molecular complexity index is 776. The third kappa shape index (κ3) is 4.97. The molecule has 0 aliphatic heterocycles. The lowest BCUT2D eigenvalue weighted by Gasteiger charge is -2.16. The maximum absolute atomic E-state index is 12.3. The van der Waals surface area contributed by atoms with Gasteiger partial charge in [-0.15, -0.1) is 0 Å². The quantitative estimate of drug-likeness (QED) is 0.782. The lowest BCUT2D eigenvalue weighted by Crippen LogP contribution is -2.30. The zero-order valence-corrected chi connectivity index (χ0v) is 15.1. The van der Waals surface area contributed by atoms with E-state index < -0.39 is 12.1 Å². The third-order valence-corrected chi connectivity index (χ3v) is 3.83. The zero-order valence-electron chi connectivity index (χ0n) is 14.3. The maximum atomic E-state index is 12.3. The summed E-state index contributed by atoms with van der Waals surface area (Å²) in [5.74, 6) is -0.221. The molecule has 1 N–H and O–H groups in total. The molecule has 132 valence electrons. The van der Waals surface area contributed by atoms with E-state index in [9.17, 15) is 9.59 Å². The second-order valence-electron chi connectivity index (χ2n) is 5.43. The number of nitrogens with one attached hydrogen (secondary N) is 1. The van der Waals surface area contributed by atoms with Crippen LogP contribution in [0.2, 0.25) is 5.02 Å². The predicted octanol–water partition coefficient (Wildman–Crippen LogP) is 4.23. The van der Waals surface area contributed by atoms with Gasteiger partial charge in [0.05, 0.1) is 17.2 Å². The van der Waals surface area contributed by atoms with Crippen molar-refractivity contribution in [1.29, 1.82) is 0 Å². The number of benzene rings is 2. The first-order valence-electron chi connectivity index (χ1n) is 7.92. The molecule has 0 aliphatic carbocycles. The molecule has 0 saturated heterocycles. The Balaban J connectivity index is 2.08. The van der Waals surface area contributed by atoms with Gasteiger partial charge in [-0.25, -0.2) is 4.79 Å². The summed E-state index contributed by atoms with van der Waals surface area (Å²) in [5, 5.41) is 2.98. The van der Waals surface area contributed by atoms with Crippen molar-refractivity contribution in [3.05, 3.63) is 58.6 Å². The van der Waals surface area contributed by atoms with Gasteiger partial charge in [0.25, 0.3) is 5.91 Å². The van der Waals surface area contributed by atoms with Crippen molar-refractivity contribution in [2.45, 2.75) is 26.9 Å². The molecule has 2 rings (SSSR count). The highest BCUT2D eigenvalue weighted by atomic mass is 35.5. The number of rotatable bonds is 6. The molecule has 5 nitrogen and oxygen atoms in total. The first-order chi connectivity index (χ1) is 11.9. The van der Waals surface area contributed by atoms with Crippen LogP contribution in [0.15, 0.2) is 42.5 Å². The Kier molecular flexibility index (Phi) is 6.42. The van der Waals surface area contributed by atoms with Gasteiger partial charge >= 0.3 is 5.97 Å². The molecule has 2 aromatic carbocycles. The van der Waals surface area contributed by atoms with Crippen LogP contribution in [0.1, 0.15) is 29.8 Å². The van der Waals surface area contributed by atoms with Crippen molar-refractivity contribution in [1.82, 2.24) is 0 Å². The molecule has 0 spiro atoms. The fourth-order valence-electron chi connectivity index (χ4n) is 2.14. The molecule has 2 aromatic rings. The smallest absolute Gasteiger partial charge is 0.339 e. The highest BCUT2D eigenvalue weighted by Gasteiger charge is 2.18. The van der Waals surface area contributed by atoms with Gasteiger partial charge in [0.15, 0.2) is 6.10 Å².